The van der Waals surface area contributed by atoms with E-state index in [1.807, 2.05) is 0 Å². The molecule has 8 heteroatoms. The number of aliphatic hydroxyl groups excluding tert-OH is 4. The lowest BCUT2D eigenvalue weighted by molar-refractivity contribution is -0.326. The number of para-hydroxylation sites is 1. The SMILES string of the molecule is O=c1oc2ccccc2cc1[C@@]1(O)[C@H](O)[C@@H](CO)OC(O)[C@@H]1O. The fourth-order valence-corrected chi connectivity index (χ4v) is 2.81. The third-order valence-corrected chi connectivity index (χ3v) is 4.09. The minimum absolute atomic E-state index is 0.264. The number of hydrogen-bond donors (Lipinski definition) is 5. The van der Waals surface area contributed by atoms with Gasteiger partial charge in [0.1, 0.15) is 23.9 Å². The average molecular weight is 324 g/mol. The highest BCUT2D eigenvalue weighted by Crippen LogP contribution is 2.37. The molecule has 0 aliphatic carbocycles. The van der Waals surface area contributed by atoms with Crippen molar-refractivity contribution in [1.29, 1.82) is 0 Å². The summed E-state index contributed by atoms with van der Waals surface area (Å²) < 4.78 is 9.91. The van der Waals surface area contributed by atoms with Crippen LogP contribution in [0.15, 0.2) is 39.5 Å². The summed E-state index contributed by atoms with van der Waals surface area (Å²) in [7, 11) is 0. The zero-order valence-corrected chi connectivity index (χ0v) is 11.9. The van der Waals surface area contributed by atoms with Gasteiger partial charge in [-0.05, 0) is 12.1 Å². The summed E-state index contributed by atoms with van der Waals surface area (Å²) in [6.45, 7) is -0.730. The lowest BCUT2D eigenvalue weighted by Gasteiger charge is -2.45. The van der Waals surface area contributed by atoms with Crippen LogP contribution in [0.4, 0.5) is 0 Å². The van der Waals surface area contributed by atoms with Crippen molar-refractivity contribution in [1.82, 2.24) is 0 Å². The van der Waals surface area contributed by atoms with Gasteiger partial charge in [0, 0.05) is 5.39 Å². The average Bonchev–Trinajstić information content (AvgIpc) is 2.55. The van der Waals surface area contributed by atoms with Gasteiger partial charge in [0.15, 0.2) is 11.9 Å². The first-order valence-electron chi connectivity index (χ1n) is 6.96. The Labute approximate surface area is 129 Å². The summed E-state index contributed by atoms with van der Waals surface area (Å²) in [5.41, 5.74) is -3.71. The Morgan fingerprint density at radius 2 is 1.83 bits per heavy atom. The lowest BCUT2D eigenvalue weighted by atomic mass is 9.79. The largest absolute Gasteiger partial charge is 0.422 e. The predicted molar refractivity (Wildman–Crippen MR) is 76.4 cm³/mol. The van der Waals surface area contributed by atoms with Crippen molar-refractivity contribution >= 4 is 11.0 Å². The molecule has 0 amide bonds. The van der Waals surface area contributed by atoms with Crippen LogP contribution in [-0.4, -0.2) is 56.7 Å². The van der Waals surface area contributed by atoms with Crippen LogP contribution < -0.4 is 5.63 Å². The third-order valence-electron chi connectivity index (χ3n) is 4.09. The number of benzene rings is 1. The van der Waals surface area contributed by atoms with Crippen LogP contribution in [0.2, 0.25) is 0 Å². The molecule has 1 fully saturated rings. The van der Waals surface area contributed by atoms with Crippen LogP contribution in [-0.2, 0) is 10.3 Å². The van der Waals surface area contributed by atoms with Crippen molar-refractivity contribution in [2.45, 2.75) is 30.2 Å². The maximum atomic E-state index is 12.2. The first kappa shape index (κ1) is 16.1. The Hall–Kier alpha value is -1.81. The number of fused-ring (bicyclic) bond motifs is 1. The van der Waals surface area contributed by atoms with Crippen molar-refractivity contribution in [2.24, 2.45) is 0 Å². The topological polar surface area (TPSA) is 141 Å². The van der Waals surface area contributed by atoms with Gasteiger partial charge in [-0.15, -0.1) is 0 Å². The molecular formula is C15H16O8. The van der Waals surface area contributed by atoms with Gasteiger partial charge in [-0.25, -0.2) is 4.79 Å². The molecule has 1 aromatic heterocycles. The minimum atomic E-state index is -2.56. The van der Waals surface area contributed by atoms with Gasteiger partial charge in [0.05, 0.1) is 12.2 Å². The molecule has 0 spiro atoms. The van der Waals surface area contributed by atoms with E-state index in [0.29, 0.717) is 5.39 Å². The van der Waals surface area contributed by atoms with Crippen molar-refractivity contribution < 1.29 is 34.7 Å². The highest BCUT2D eigenvalue weighted by atomic mass is 16.6. The molecule has 23 heavy (non-hydrogen) atoms. The number of rotatable bonds is 2. The first-order chi connectivity index (χ1) is 10.9. The second kappa shape index (κ2) is 5.68. The Kier molecular flexibility index (Phi) is 3.96. The van der Waals surface area contributed by atoms with Crippen LogP contribution in [0, 0.1) is 0 Å². The minimum Gasteiger partial charge on any atom is -0.422 e. The fraction of sp³-hybridized carbons (Fsp3) is 0.400. The second-order valence-electron chi connectivity index (χ2n) is 5.45. The van der Waals surface area contributed by atoms with Gasteiger partial charge in [-0.3, -0.25) is 0 Å². The second-order valence-corrected chi connectivity index (χ2v) is 5.45. The standard InChI is InChI=1S/C15H16O8/c16-6-10-11(17)15(21,12(18)14(20)23-10)8-5-7-3-1-2-4-9(7)22-13(8)19/h1-5,10-12,14,16-18,20-21H,6H2/t10-,11-,12+,14?,15-/m1/s1. The number of hydrogen-bond acceptors (Lipinski definition) is 8. The van der Waals surface area contributed by atoms with Crippen LogP contribution >= 0.6 is 0 Å². The third kappa shape index (κ3) is 2.36. The van der Waals surface area contributed by atoms with Crippen molar-refractivity contribution in [3.63, 3.8) is 0 Å². The molecule has 3 rings (SSSR count). The van der Waals surface area contributed by atoms with Gasteiger partial charge in [-0.1, -0.05) is 18.2 Å². The number of ether oxygens (including phenoxy) is 1. The zero-order valence-electron chi connectivity index (χ0n) is 11.9. The van der Waals surface area contributed by atoms with Crippen LogP contribution in [0.3, 0.4) is 0 Å². The van der Waals surface area contributed by atoms with Crippen molar-refractivity contribution in [3.8, 4) is 0 Å². The van der Waals surface area contributed by atoms with Crippen LogP contribution in [0.1, 0.15) is 5.56 Å². The Balaban J connectivity index is 2.21. The first-order valence-corrected chi connectivity index (χ1v) is 6.96. The van der Waals surface area contributed by atoms with E-state index >= 15 is 0 Å². The van der Waals surface area contributed by atoms with Gasteiger partial charge in [0.2, 0.25) is 0 Å². The molecule has 0 bridgehead atoms. The van der Waals surface area contributed by atoms with Crippen LogP contribution in [0.25, 0.3) is 11.0 Å². The Bertz CT molecular complexity index is 771. The Morgan fingerprint density at radius 1 is 1.13 bits per heavy atom. The molecule has 124 valence electrons. The van der Waals surface area contributed by atoms with Crippen LogP contribution in [0.5, 0.6) is 0 Å². The van der Waals surface area contributed by atoms with E-state index in [-0.39, 0.29) is 5.58 Å². The molecular weight excluding hydrogens is 308 g/mol. The van der Waals surface area contributed by atoms with Crippen molar-refractivity contribution in [3.05, 3.63) is 46.3 Å². The van der Waals surface area contributed by atoms with E-state index < -0.39 is 48.0 Å². The molecule has 1 aliphatic heterocycles. The van der Waals surface area contributed by atoms with Crippen molar-refractivity contribution in [2.75, 3.05) is 6.61 Å². The highest BCUT2D eigenvalue weighted by Gasteiger charge is 2.57. The maximum Gasteiger partial charge on any atom is 0.342 e. The lowest BCUT2D eigenvalue weighted by Crippen LogP contribution is -2.66. The monoisotopic (exact) mass is 324 g/mol. The molecule has 1 unspecified atom stereocenters. The maximum absolute atomic E-state index is 12.2. The number of aliphatic hydroxyl groups is 5. The molecule has 1 aromatic carbocycles. The highest BCUT2D eigenvalue weighted by molar-refractivity contribution is 5.77. The summed E-state index contributed by atoms with van der Waals surface area (Å²) in [4.78, 5) is 12.2. The summed E-state index contributed by atoms with van der Waals surface area (Å²) in [5.74, 6) is 0. The Morgan fingerprint density at radius 3 is 2.52 bits per heavy atom. The molecule has 1 aliphatic rings. The molecule has 5 atom stereocenters. The van der Waals surface area contributed by atoms with E-state index in [2.05, 4.69) is 0 Å². The van der Waals surface area contributed by atoms with E-state index in [4.69, 9.17) is 9.15 Å². The smallest absolute Gasteiger partial charge is 0.342 e. The summed E-state index contributed by atoms with van der Waals surface area (Å²) >= 11 is 0. The fourth-order valence-electron chi connectivity index (χ4n) is 2.81. The molecule has 1 saturated heterocycles. The molecule has 0 saturated carbocycles. The van der Waals surface area contributed by atoms with Gasteiger partial charge in [0.25, 0.3) is 0 Å². The predicted octanol–water partition coefficient (Wildman–Crippen LogP) is -1.59. The van der Waals surface area contributed by atoms with Gasteiger partial charge >= 0.3 is 5.63 Å². The zero-order chi connectivity index (χ0) is 16.8. The molecule has 0 radical (unpaired) electrons. The van der Waals surface area contributed by atoms with Gasteiger partial charge in [-0.2, -0.15) is 0 Å². The van der Waals surface area contributed by atoms with E-state index in [1.54, 1.807) is 24.3 Å². The molecule has 5 N–H and O–H groups in total. The van der Waals surface area contributed by atoms with E-state index in [9.17, 15) is 30.3 Å². The van der Waals surface area contributed by atoms with Gasteiger partial charge < -0.3 is 34.7 Å². The summed E-state index contributed by atoms with van der Waals surface area (Å²) in [6.07, 6.45) is -7.14. The normalized spacial score (nSPS) is 34.7. The van der Waals surface area contributed by atoms with E-state index in [1.165, 1.54) is 6.07 Å². The molecule has 2 heterocycles. The van der Waals surface area contributed by atoms with E-state index in [0.717, 1.165) is 0 Å². The molecule has 8 nitrogen and oxygen atoms in total. The summed E-state index contributed by atoms with van der Waals surface area (Å²) in [5, 5.41) is 50.5. The summed E-state index contributed by atoms with van der Waals surface area (Å²) in [6, 6.07) is 7.76. The molecule has 2 aromatic rings. The quantitative estimate of drug-likeness (QED) is 0.417.